The first-order valence-corrected chi connectivity index (χ1v) is 4.53. The van der Waals surface area contributed by atoms with Crippen LogP contribution in [0.4, 0.5) is 4.39 Å². The molecule has 0 unspecified atom stereocenters. The quantitative estimate of drug-likeness (QED) is 0.598. The summed E-state index contributed by atoms with van der Waals surface area (Å²) in [6, 6.07) is 0.864. The monoisotopic (exact) mass is 256 g/mol. The predicted octanol–water partition coefficient (Wildman–Crippen LogP) is 3.52. The van der Waals surface area contributed by atoms with E-state index >= 15 is 0 Å². The molecule has 14 heavy (non-hydrogen) atoms. The van der Waals surface area contributed by atoms with E-state index in [1.54, 1.807) is 0 Å². The molecule has 2 nitrogen and oxygen atoms in total. The number of rotatable bonds is 2. The van der Waals surface area contributed by atoms with E-state index < -0.39 is 11.1 Å². The molecule has 1 rings (SSSR count). The highest BCUT2D eigenvalue weighted by Crippen LogP contribution is 2.37. The molecule has 1 aromatic carbocycles. The van der Waals surface area contributed by atoms with Crippen LogP contribution in [-0.2, 0) is 0 Å². The van der Waals surface area contributed by atoms with Crippen molar-refractivity contribution in [2.45, 2.75) is 0 Å². The third-order valence-electron chi connectivity index (χ3n) is 1.53. The SMILES string of the molecule is COc1c(Cl)c(F)cc(C(=O)Cl)c1Cl. The first kappa shape index (κ1) is 11.6. The maximum absolute atomic E-state index is 13.1. The average Bonchev–Trinajstić information content (AvgIpc) is 2.12. The molecule has 0 saturated heterocycles. The normalized spacial score (nSPS) is 10.1. The van der Waals surface area contributed by atoms with E-state index in [2.05, 4.69) is 0 Å². The van der Waals surface area contributed by atoms with Crippen LogP contribution in [0.15, 0.2) is 6.07 Å². The van der Waals surface area contributed by atoms with E-state index in [0.29, 0.717) is 0 Å². The summed E-state index contributed by atoms with van der Waals surface area (Å²) in [5, 5.41) is -1.25. The van der Waals surface area contributed by atoms with Gasteiger partial charge in [-0.15, -0.1) is 0 Å². The van der Waals surface area contributed by atoms with Crippen molar-refractivity contribution in [3.05, 3.63) is 27.5 Å². The number of ether oxygens (including phenoxy) is 1. The van der Waals surface area contributed by atoms with Gasteiger partial charge in [0.15, 0.2) is 5.75 Å². The Morgan fingerprint density at radius 1 is 1.43 bits per heavy atom. The van der Waals surface area contributed by atoms with Crippen molar-refractivity contribution >= 4 is 40.0 Å². The van der Waals surface area contributed by atoms with Crippen LogP contribution in [0.5, 0.6) is 5.75 Å². The van der Waals surface area contributed by atoms with Gasteiger partial charge in [-0.1, -0.05) is 23.2 Å². The first-order valence-electron chi connectivity index (χ1n) is 3.40. The molecule has 1 aromatic rings. The summed E-state index contributed by atoms with van der Waals surface area (Å²) in [7, 11) is 1.26. The van der Waals surface area contributed by atoms with Gasteiger partial charge in [0.1, 0.15) is 10.8 Å². The standard InChI is InChI=1S/C8H4Cl3FO2/c1-14-7-5(9)3(8(11)13)2-4(12)6(7)10/h2H,1H3. The van der Waals surface area contributed by atoms with Crippen LogP contribution in [0.25, 0.3) is 0 Å². The molecule has 0 aromatic heterocycles. The second kappa shape index (κ2) is 4.34. The van der Waals surface area contributed by atoms with Crippen LogP contribution in [0.1, 0.15) is 10.4 Å². The fourth-order valence-electron chi connectivity index (χ4n) is 0.903. The van der Waals surface area contributed by atoms with Crippen LogP contribution >= 0.6 is 34.8 Å². The summed E-state index contributed by atoms with van der Waals surface area (Å²) < 4.78 is 17.8. The lowest BCUT2D eigenvalue weighted by Gasteiger charge is -2.08. The summed E-state index contributed by atoms with van der Waals surface area (Å²) in [6.45, 7) is 0. The zero-order valence-electron chi connectivity index (χ0n) is 6.91. The number of carbonyl (C=O) groups excluding carboxylic acids is 1. The van der Waals surface area contributed by atoms with Crippen molar-refractivity contribution in [2.24, 2.45) is 0 Å². The molecule has 0 fully saturated rings. The van der Waals surface area contributed by atoms with E-state index in [9.17, 15) is 9.18 Å². The number of hydrogen-bond acceptors (Lipinski definition) is 2. The summed E-state index contributed by atoms with van der Waals surface area (Å²) in [6.07, 6.45) is 0. The maximum Gasteiger partial charge on any atom is 0.254 e. The van der Waals surface area contributed by atoms with Gasteiger partial charge in [0, 0.05) is 0 Å². The van der Waals surface area contributed by atoms with Crippen molar-refractivity contribution in [1.29, 1.82) is 0 Å². The lowest BCUT2D eigenvalue weighted by Crippen LogP contribution is -1.97. The lowest BCUT2D eigenvalue weighted by atomic mass is 10.2. The van der Waals surface area contributed by atoms with E-state index in [-0.39, 0.29) is 21.4 Å². The second-order valence-corrected chi connectivity index (χ2v) is 3.44. The van der Waals surface area contributed by atoms with Crippen molar-refractivity contribution in [3.63, 3.8) is 0 Å². The highest BCUT2D eigenvalue weighted by Gasteiger charge is 2.19. The first-order chi connectivity index (χ1) is 6.49. The van der Waals surface area contributed by atoms with Gasteiger partial charge < -0.3 is 4.74 Å². The lowest BCUT2D eigenvalue weighted by molar-refractivity contribution is 0.108. The smallest absolute Gasteiger partial charge is 0.254 e. The Hall–Kier alpha value is -0.510. The molecule has 0 aliphatic rings. The fraction of sp³-hybridized carbons (Fsp3) is 0.125. The molecule has 0 saturated carbocycles. The van der Waals surface area contributed by atoms with Crippen LogP contribution in [-0.4, -0.2) is 12.4 Å². The van der Waals surface area contributed by atoms with Gasteiger partial charge in [-0.25, -0.2) is 4.39 Å². The summed E-state index contributed by atoms with van der Waals surface area (Å²) in [5.41, 5.74) is -0.174. The highest BCUT2D eigenvalue weighted by molar-refractivity contribution is 6.69. The average molecular weight is 257 g/mol. The fourth-order valence-corrected chi connectivity index (χ4v) is 1.69. The summed E-state index contributed by atoms with van der Waals surface area (Å²) in [5.74, 6) is -0.908. The van der Waals surface area contributed by atoms with Gasteiger partial charge in [-0.2, -0.15) is 0 Å². The molecule has 0 radical (unpaired) electrons. The minimum atomic E-state index is -0.871. The van der Waals surface area contributed by atoms with E-state index in [4.69, 9.17) is 39.5 Å². The van der Waals surface area contributed by atoms with Gasteiger partial charge in [-0.3, -0.25) is 4.79 Å². The van der Waals surface area contributed by atoms with Crippen LogP contribution < -0.4 is 4.74 Å². The largest absolute Gasteiger partial charge is 0.493 e. The summed E-state index contributed by atoms with van der Waals surface area (Å²) >= 11 is 16.4. The molecule has 0 amide bonds. The minimum Gasteiger partial charge on any atom is -0.493 e. The molecule has 0 atom stereocenters. The van der Waals surface area contributed by atoms with Crippen LogP contribution in [0, 0.1) is 5.82 Å². The molecule has 0 aliphatic carbocycles. The second-order valence-electron chi connectivity index (χ2n) is 2.34. The Bertz CT molecular complexity index is 393. The molecule has 0 aliphatic heterocycles. The van der Waals surface area contributed by atoms with E-state index in [0.717, 1.165) is 6.07 Å². The number of benzene rings is 1. The van der Waals surface area contributed by atoms with Gasteiger partial charge in [0.25, 0.3) is 5.24 Å². The van der Waals surface area contributed by atoms with Gasteiger partial charge in [0.05, 0.1) is 17.7 Å². The van der Waals surface area contributed by atoms with Crippen molar-refractivity contribution in [1.82, 2.24) is 0 Å². The topological polar surface area (TPSA) is 26.3 Å². The molecular formula is C8H4Cl3FO2. The maximum atomic E-state index is 13.1. The third-order valence-corrected chi connectivity index (χ3v) is 2.46. The zero-order chi connectivity index (χ0) is 10.9. The number of halogens is 4. The Balaban J connectivity index is 3.50. The number of carbonyl (C=O) groups is 1. The van der Waals surface area contributed by atoms with Gasteiger partial charge in [-0.05, 0) is 17.7 Å². The Morgan fingerprint density at radius 2 is 2.00 bits per heavy atom. The van der Waals surface area contributed by atoms with Gasteiger partial charge in [0.2, 0.25) is 0 Å². The minimum absolute atomic E-state index is 0.0982. The van der Waals surface area contributed by atoms with Crippen molar-refractivity contribution < 1.29 is 13.9 Å². The Morgan fingerprint density at radius 3 is 2.43 bits per heavy atom. The Kier molecular flexibility index (Phi) is 3.59. The zero-order valence-corrected chi connectivity index (χ0v) is 9.17. The van der Waals surface area contributed by atoms with Gasteiger partial charge >= 0.3 is 0 Å². The van der Waals surface area contributed by atoms with Crippen molar-refractivity contribution in [2.75, 3.05) is 7.11 Å². The van der Waals surface area contributed by atoms with Crippen LogP contribution in [0.3, 0.4) is 0 Å². The van der Waals surface area contributed by atoms with Crippen molar-refractivity contribution in [3.8, 4) is 5.75 Å². The molecule has 0 heterocycles. The number of hydrogen-bond donors (Lipinski definition) is 0. The molecule has 0 bridgehead atoms. The third kappa shape index (κ3) is 1.95. The van der Waals surface area contributed by atoms with E-state index in [1.807, 2.05) is 0 Å². The molecule has 6 heteroatoms. The number of methoxy groups -OCH3 is 1. The summed E-state index contributed by atoms with van der Waals surface area (Å²) in [4.78, 5) is 10.8. The highest BCUT2D eigenvalue weighted by atomic mass is 35.5. The molecule has 0 spiro atoms. The Labute approximate surface area is 94.5 Å². The molecular weight excluding hydrogens is 253 g/mol. The molecule has 76 valence electrons. The molecule has 0 N–H and O–H groups in total. The van der Waals surface area contributed by atoms with Crippen LogP contribution in [0.2, 0.25) is 10.0 Å². The van der Waals surface area contributed by atoms with E-state index in [1.165, 1.54) is 7.11 Å². The predicted molar refractivity (Wildman–Crippen MR) is 53.2 cm³/mol.